The second-order valence-corrected chi connectivity index (χ2v) is 6.11. The lowest BCUT2D eigenvalue weighted by Gasteiger charge is -2.08. The average Bonchev–Trinajstić information content (AvgIpc) is 2.38. The molecule has 0 saturated heterocycles. The summed E-state index contributed by atoms with van der Waals surface area (Å²) >= 11 is 5.64. The van der Waals surface area contributed by atoms with Crippen LogP contribution in [0.25, 0.3) is 0 Å². The van der Waals surface area contributed by atoms with Gasteiger partial charge in [0.05, 0.1) is 17.3 Å². The number of anilines is 2. The fourth-order valence-electron chi connectivity index (χ4n) is 1.51. The molecule has 21 heavy (non-hydrogen) atoms. The Hall–Kier alpha value is -2.19. The topological polar surface area (TPSA) is 101 Å². The van der Waals surface area contributed by atoms with Crippen molar-refractivity contribution in [2.75, 3.05) is 10.0 Å². The van der Waals surface area contributed by atoms with Crippen LogP contribution in [0.3, 0.4) is 0 Å². The molecule has 2 rings (SSSR count). The first kappa shape index (κ1) is 15.2. The number of aromatic nitrogens is 2. The van der Waals surface area contributed by atoms with Crippen molar-refractivity contribution >= 4 is 39.0 Å². The number of halogens is 1. The predicted octanol–water partition coefficient (Wildman–Crippen LogP) is 1.89. The lowest BCUT2D eigenvalue weighted by molar-refractivity contribution is -0.114. The standard InChI is InChI=1S/C12H11ClN4O3S/c1-8(18)15-9-2-4-10(5-3-9)21(19,20)17-12-7-14-6-11(13)16-12/h2-7H,1H3,(H,15,18)(H,16,17). The minimum atomic E-state index is -3.80. The van der Waals surface area contributed by atoms with Crippen LogP contribution in [0.15, 0.2) is 41.6 Å². The zero-order valence-electron chi connectivity index (χ0n) is 10.9. The van der Waals surface area contributed by atoms with Gasteiger partial charge in [-0.25, -0.2) is 13.4 Å². The number of carbonyl (C=O) groups excluding carboxylic acids is 1. The molecule has 0 unspecified atom stereocenters. The van der Waals surface area contributed by atoms with E-state index in [1.807, 2.05) is 0 Å². The molecule has 0 aliphatic rings. The highest BCUT2D eigenvalue weighted by Gasteiger charge is 2.15. The first-order valence-corrected chi connectivity index (χ1v) is 7.61. The number of nitrogens with one attached hydrogen (secondary N) is 2. The van der Waals surface area contributed by atoms with Crippen LogP contribution in [0, 0.1) is 0 Å². The van der Waals surface area contributed by atoms with Crippen LogP contribution < -0.4 is 10.0 Å². The van der Waals surface area contributed by atoms with Crippen molar-refractivity contribution in [3.8, 4) is 0 Å². The van der Waals surface area contributed by atoms with Crippen LogP contribution in [0.4, 0.5) is 11.5 Å². The Morgan fingerprint density at radius 3 is 2.43 bits per heavy atom. The van der Waals surface area contributed by atoms with Gasteiger partial charge in [0, 0.05) is 12.6 Å². The summed E-state index contributed by atoms with van der Waals surface area (Å²) in [6, 6.07) is 5.70. The minimum Gasteiger partial charge on any atom is -0.326 e. The van der Waals surface area contributed by atoms with E-state index in [1.54, 1.807) is 0 Å². The molecule has 1 heterocycles. The highest BCUT2D eigenvalue weighted by molar-refractivity contribution is 7.92. The first-order chi connectivity index (χ1) is 9.87. The molecule has 0 atom stereocenters. The summed E-state index contributed by atoms with van der Waals surface area (Å²) in [7, 11) is -3.80. The van der Waals surface area contributed by atoms with Gasteiger partial charge in [0.15, 0.2) is 5.82 Å². The third-order valence-corrected chi connectivity index (χ3v) is 3.88. The normalized spacial score (nSPS) is 11.0. The van der Waals surface area contributed by atoms with E-state index in [0.717, 1.165) is 0 Å². The molecule has 7 nitrogen and oxygen atoms in total. The summed E-state index contributed by atoms with van der Waals surface area (Å²) < 4.78 is 26.5. The van der Waals surface area contributed by atoms with Crippen LogP contribution in [-0.2, 0) is 14.8 Å². The molecule has 0 saturated carbocycles. The molecule has 0 aliphatic carbocycles. The number of nitrogens with zero attached hydrogens (tertiary/aromatic N) is 2. The molecular formula is C12H11ClN4O3S. The molecule has 0 aliphatic heterocycles. The third kappa shape index (κ3) is 4.14. The van der Waals surface area contributed by atoms with Gasteiger partial charge >= 0.3 is 0 Å². The Bertz CT molecular complexity index is 762. The van der Waals surface area contributed by atoms with E-state index in [0.29, 0.717) is 5.69 Å². The summed E-state index contributed by atoms with van der Waals surface area (Å²) in [4.78, 5) is 18.5. The highest BCUT2D eigenvalue weighted by atomic mass is 35.5. The fourth-order valence-corrected chi connectivity index (χ4v) is 2.64. The van der Waals surface area contributed by atoms with Crippen LogP contribution in [0.2, 0.25) is 5.15 Å². The molecule has 1 aromatic carbocycles. The molecule has 0 radical (unpaired) electrons. The number of hydrogen-bond donors (Lipinski definition) is 2. The Balaban J connectivity index is 2.21. The van der Waals surface area contributed by atoms with Crippen LogP contribution in [0.5, 0.6) is 0 Å². The lowest BCUT2D eigenvalue weighted by Crippen LogP contribution is -2.14. The van der Waals surface area contributed by atoms with Crippen molar-refractivity contribution in [2.24, 2.45) is 0 Å². The maximum absolute atomic E-state index is 12.1. The number of rotatable bonds is 4. The van der Waals surface area contributed by atoms with E-state index in [4.69, 9.17) is 11.6 Å². The zero-order valence-corrected chi connectivity index (χ0v) is 12.4. The quantitative estimate of drug-likeness (QED) is 0.893. The molecule has 1 aromatic heterocycles. The SMILES string of the molecule is CC(=O)Nc1ccc(S(=O)(=O)Nc2cncc(Cl)n2)cc1. The van der Waals surface area contributed by atoms with E-state index >= 15 is 0 Å². The first-order valence-electron chi connectivity index (χ1n) is 5.75. The van der Waals surface area contributed by atoms with Gasteiger partial charge < -0.3 is 5.32 Å². The van der Waals surface area contributed by atoms with E-state index in [1.165, 1.54) is 43.6 Å². The molecule has 0 bridgehead atoms. The van der Waals surface area contributed by atoms with Crippen LogP contribution in [-0.4, -0.2) is 24.3 Å². The summed E-state index contributed by atoms with van der Waals surface area (Å²) in [5.74, 6) is -0.216. The van der Waals surface area contributed by atoms with Crippen molar-refractivity contribution in [3.05, 3.63) is 41.8 Å². The molecule has 0 fully saturated rings. The van der Waals surface area contributed by atoms with Crippen molar-refractivity contribution in [1.29, 1.82) is 0 Å². The van der Waals surface area contributed by atoms with Gasteiger partial charge in [-0.15, -0.1) is 0 Å². The molecule has 1 amide bonds. The van der Waals surface area contributed by atoms with Gasteiger partial charge in [0.25, 0.3) is 10.0 Å². The molecule has 9 heteroatoms. The van der Waals surface area contributed by atoms with Crippen molar-refractivity contribution in [2.45, 2.75) is 11.8 Å². The number of benzene rings is 1. The van der Waals surface area contributed by atoms with Gasteiger partial charge in [0.2, 0.25) is 5.91 Å². The van der Waals surface area contributed by atoms with Crippen molar-refractivity contribution < 1.29 is 13.2 Å². The number of sulfonamides is 1. The Labute approximate surface area is 126 Å². The number of hydrogen-bond acceptors (Lipinski definition) is 5. The van der Waals surface area contributed by atoms with Crippen molar-refractivity contribution in [1.82, 2.24) is 9.97 Å². The Kier molecular flexibility index (Phi) is 4.39. The maximum atomic E-state index is 12.1. The zero-order chi connectivity index (χ0) is 15.5. The Morgan fingerprint density at radius 1 is 1.19 bits per heavy atom. The van der Waals surface area contributed by atoms with Gasteiger partial charge in [-0.05, 0) is 24.3 Å². The Morgan fingerprint density at radius 2 is 1.86 bits per heavy atom. The van der Waals surface area contributed by atoms with Crippen LogP contribution >= 0.6 is 11.6 Å². The summed E-state index contributed by atoms with van der Waals surface area (Å²) in [5, 5.41) is 2.63. The van der Waals surface area contributed by atoms with Gasteiger partial charge in [0.1, 0.15) is 5.15 Å². The van der Waals surface area contributed by atoms with E-state index < -0.39 is 10.0 Å². The molecule has 2 aromatic rings. The number of amides is 1. The minimum absolute atomic E-state index is 0.0217. The van der Waals surface area contributed by atoms with Crippen molar-refractivity contribution in [3.63, 3.8) is 0 Å². The summed E-state index contributed by atoms with van der Waals surface area (Å²) in [6.45, 7) is 1.37. The molecular weight excluding hydrogens is 316 g/mol. The van der Waals surface area contributed by atoms with Gasteiger partial charge in [-0.2, -0.15) is 0 Å². The predicted molar refractivity (Wildman–Crippen MR) is 78.6 cm³/mol. The fraction of sp³-hybridized carbons (Fsp3) is 0.0833. The number of carbonyl (C=O) groups is 1. The molecule has 0 spiro atoms. The largest absolute Gasteiger partial charge is 0.326 e. The highest BCUT2D eigenvalue weighted by Crippen LogP contribution is 2.17. The molecule has 110 valence electrons. The second kappa shape index (κ2) is 6.06. The maximum Gasteiger partial charge on any atom is 0.263 e. The second-order valence-electron chi connectivity index (χ2n) is 4.04. The molecule has 2 N–H and O–H groups in total. The average molecular weight is 327 g/mol. The summed E-state index contributed by atoms with van der Waals surface area (Å²) in [5.41, 5.74) is 0.504. The van der Waals surface area contributed by atoms with Crippen LogP contribution in [0.1, 0.15) is 6.92 Å². The van der Waals surface area contributed by atoms with E-state index in [2.05, 4.69) is 20.0 Å². The van der Waals surface area contributed by atoms with Gasteiger partial charge in [-0.3, -0.25) is 14.5 Å². The summed E-state index contributed by atoms with van der Waals surface area (Å²) in [6.07, 6.45) is 2.54. The lowest BCUT2D eigenvalue weighted by atomic mass is 10.3. The van der Waals surface area contributed by atoms with E-state index in [9.17, 15) is 13.2 Å². The van der Waals surface area contributed by atoms with E-state index in [-0.39, 0.29) is 21.8 Å². The smallest absolute Gasteiger partial charge is 0.263 e. The third-order valence-electron chi connectivity index (χ3n) is 2.33. The monoisotopic (exact) mass is 326 g/mol. The van der Waals surface area contributed by atoms with Gasteiger partial charge in [-0.1, -0.05) is 11.6 Å².